The molecule has 5 nitrogen and oxygen atoms in total. The molecular formula is C15H24O5S. The lowest BCUT2D eigenvalue weighted by Crippen LogP contribution is -2.08. The van der Waals surface area contributed by atoms with Crippen LogP contribution in [-0.2, 0) is 10.1 Å². The van der Waals surface area contributed by atoms with Gasteiger partial charge in [-0.2, -0.15) is 8.42 Å². The van der Waals surface area contributed by atoms with Crippen molar-refractivity contribution in [3.63, 3.8) is 0 Å². The summed E-state index contributed by atoms with van der Waals surface area (Å²) in [4.78, 5) is 0. The minimum atomic E-state index is -3.90. The lowest BCUT2D eigenvalue weighted by Gasteiger charge is -2.08. The molecule has 120 valence electrons. The maximum atomic E-state index is 10.5. The molecule has 1 rings (SSSR count). The number of hydrogen-bond donors (Lipinski definition) is 1. The van der Waals surface area contributed by atoms with E-state index in [9.17, 15) is 8.42 Å². The Kier molecular flexibility index (Phi) is 8.15. The number of benzene rings is 1. The fourth-order valence-electron chi connectivity index (χ4n) is 1.78. The third-order valence-electron chi connectivity index (χ3n) is 2.91. The molecule has 1 aromatic rings. The third-order valence-corrected chi connectivity index (χ3v) is 3.71. The highest BCUT2D eigenvalue weighted by Gasteiger charge is 2.04. The van der Waals surface area contributed by atoms with Crippen LogP contribution in [0.25, 0.3) is 0 Å². The molecule has 0 amide bonds. The number of rotatable bonds is 11. The summed E-state index contributed by atoms with van der Waals surface area (Å²) < 4.78 is 40.7. The molecule has 1 N–H and O–H groups in total. The molecule has 0 fully saturated rings. The molecule has 0 aliphatic heterocycles. The molecule has 0 heterocycles. The van der Waals surface area contributed by atoms with Crippen LogP contribution in [0.5, 0.6) is 11.5 Å². The zero-order valence-corrected chi connectivity index (χ0v) is 13.3. The molecule has 6 heteroatoms. The quantitative estimate of drug-likeness (QED) is 0.501. The van der Waals surface area contributed by atoms with Crippen LogP contribution in [-0.4, -0.2) is 31.9 Å². The summed E-state index contributed by atoms with van der Waals surface area (Å²) >= 11 is 0. The van der Waals surface area contributed by atoms with Crippen molar-refractivity contribution >= 4 is 10.1 Å². The Morgan fingerprint density at radius 2 is 1.43 bits per heavy atom. The molecule has 0 saturated carbocycles. The zero-order valence-electron chi connectivity index (χ0n) is 12.5. The topological polar surface area (TPSA) is 72.8 Å². The highest BCUT2D eigenvalue weighted by atomic mass is 32.2. The second-order valence-electron chi connectivity index (χ2n) is 4.87. The fraction of sp³-hybridized carbons (Fsp3) is 0.600. The Hall–Kier alpha value is -1.27. The number of unbranched alkanes of at least 4 members (excludes halogenated alkanes) is 3. The highest BCUT2D eigenvalue weighted by molar-refractivity contribution is 7.85. The first-order valence-corrected chi connectivity index (χ1v) is 8.93. The number of ether oxygens (including phenoxy) is 2. The SMILES string of the molecule is CCCCCCOc1ccc(OCCCS(=O)(=O)O)cc1. The Labute approximate surface area is 127 Å². The Morgan fingerprint density at radius 1 is 0.905 bits per heavy atom. The van der Waals surface area contributed by atoms with Crippen molar-refractivity contribution in [1.29, 1.82) is 0 Å². The molecule has 0 aliphatic carbocycles. The van der Waals surface area contributed by atoms with E-state index in [-0.39, 0.29) is 18.8 Å². The molecular weight excluding hydrogens is 292 g/mol. The molecule has 0 saturated heterocycles. The lowest BCUT2D eigenvalue weighted by molar-refractivity contribution is 0.300. The van der Waals surface area contributed by atoms with E-state index in [1.807, 2.05) is 12.1 Å². The van der Waals surface area contributed by atoms with Gasteiger partial charge in [0, 0.05) is 0 Å². The predicted octanol–water partition coefficient (Wildman–Crippen LogP) is 3.30. The van der Waals surface area contributed by atoms with E-state index in [1.54, 1.807) is 12.1 Å². The van der Waals surface area contributed by atoms with Gasteiger partial charge >= 0.3 is 0 Å². The van der Waals surface area contributed by atoms with Crippen LogP contribution < -0.4 is 9.47 Å². The van der Waals surface area contributed by atoms with Crippen molar-refractivity contribution < 1.29 is 22.4 Å². The largest absolute Gasteiger partial charge is 0.494 e. The first kappa shape index (κ1) is 17.8. The van der Waals surface area contributed by atoms with Gasteiger partial charge < -0.3 is 9.47 Å². The molecule has 0 atom stereocenters. The summed E-state index contributed by atoms with van der Waals surface area (Å²) in [6.07, 6.45) is 4.95. The fourth-order valence-corrected chi connectivity index (χ4v) is 2.26. The second kappa shape index (κ2) is 9.63. The summed E-state index contributed by atoms with van der Waals surface area (Å²) in [5.41, 5.74) is 0. The first-order chi connectivity index (χ1) is 10.0. The maximum absolute atomic E-state index is 10.5. The van der Waals surface area contributed by atoms with Crippen molar-refractivity contribution in [1.82, 2.24) is 0 Å². The summed E-state index contributed by atoms with van der Waals surface area (Å²) in [5, 5.41) is 0. The van der Waals surface area contributed by atoms with Crippen molar-refractivity contribution in [2.75, 3.05) is 19.0 Å². The van der Waals surface area contributed by atoms with E-state index < -0.39 is 10.1 Å². The van der Waals surface area contributed by atoms with E-state index >= 15 is 0 Å². The average molecular weight is 316 g/mol. The summed E-state index contributed by atoms with van der Waals surface area (Å²) in [5.74, 6) is 1.17. The van der Waals surface area contributed by atoms with Crippen LogP contribution in [0.3, 0.4) is 0 Å². The maximum Gasteiger partial charge on any atom is 0.264 e. The van der Waals surface area contributed by atoms with E-state index in [4.69, 9.17) is 14.0 Å². The lowest BCUT2D eigenvalue weighted by atomic mass is 10.2. The Morgan fingerprint density at radius 3 is 1.90 bits per heavy atom. The molecule has 0 aliphatic rings. The van der Waals surface area contributed by atoms with Crippen molar-refractivity contribution in [3.8, 4) is 11.5 Å². The van der Waals surface area contributed by atoms with Gasteiger partial charge in [0.25, 0.3) is 10.1 Å². The monoisotopic (exact) mass is 316 g/mol. The molecule has 0 bridgehead atoms. The molecule has 0 aromatic heterocycles. The predicted molar refractivity (Wildman–Crippen MR) is 82.6 cm³/mol. The third kappa shape index (κ3) is 9.31. The Balaban J connectivity index is 2.21. The smallest absolute Gasteiger partial charge is 0.264 e. The van der Waals surface area contributed by atoms with Crippen LogP contribution in [0.15, 0.2) is 24.3 Å². The zero-order chi connectivity index (χ0) is 15.6. The first-order valence-electron chi connectivity index (χ1n) is 7.32. The van der Waals surface area contributed by atoms with Gasteiger partial charge in [-0.1, -0.05) is 26.2 Å². The van der Waals surface area contributed by atoms with Crippen molar-refractivity contribution in [2.45, 2.75) is 39.0 Å². The van der Waals surface area contributed by atoms with Crippen LogP contribution in [0.2, 0.25) is 0 Å². The van der Waals surface area contributed by atoms with Gasteiger partial charge in [0.15, 0.2) is 0 Å². The molecule has 0 radical (unpaired) electrons. The number of hydrogen-bond acceptors (Lipinski definition) is 4. The normalized spacial score (nSPS) is 11.3. The van der Waals surface area contributed by atoms with Crippen LogP contribution in [0.4, 0.5) is 0 Å². The van der Waals surface area contributed by atoms with Crippen molar-refractivity contribution in [3.05, 3.63) is 24.3 Å². The van der Waals surface area contributed by atoms with E-state index in [2.05, 4.69) is 6.92 Å². The van der Waals surface area contributed by atoms with Crippen molar-refractivity contribution in [2.24, 2.45) is 0 Å². The molecule has 0 unspecified atom stereocenters. The van der Waals surface area contributed by atoms with Crippen LogP contribution in [0, 0.1) is 0 Å². The summed E-state index contributed by atoms with van der Waals surface area (Å²) in [7, 11) is -3.90. The summed E-state index contributed by atoms with van der Waals surface area (Å²) in [6.45, 7) is 3.14. The van der Waals surface area contributed by atoms with Gasteiger partial charge in [-0.25, -0.2) is 0 Å². The Bertz CT molecular complexity index is 481. The molecule has 1 aromatic carbocycles. The summed E-state index contributed by atoms with van der Waals surface area (Å²) in [6, 6.07) is 7.24. The second-order valence-corrected chi connectivity index (χ2v) is 6.44. The standard InChI is InChI=1S/C15H24O5S/c1-2-3-4-5-11-19-14-7-9-15(10-8-14)20-12-6-13-21(16,17)18/h7-10H,2-6,11-13H2,1H3,(H,16,17,18). The molecule has 0 spiro atoms. The highest BCUT2D eigenvalue weighted by Crippen LogP contribution is 2.18. The van der Waals surface area contributed by atoms with Crippen LogP contribution >= 0.6 is 0 Å². The van der Waals surface area contributed by atoms with Gasteiger partial charge in [0.2, 0.25) is 0 Å². The van der Waals surface area contributed by atoms with E-state index in [0.29, 0.717) is 12.4 Å². The van der Waals surface area contributed by atoms with Gasteiger partial charge in [0.05, 0.1) is 19.0 Å². The van der Waals surface area contributed by atoms with Gasteiger partial charge in [0.1, 0.15) is 11.5 Å². The minimum absolute atomic E-state index is 0.247. The van der Waals surface area contributed by atoms with E-state index in [0.717, 1.165) is 12.2 Å². The van der Waals surface area contributed by atoms with Gasteiger partial charge in [-0.3, -0.25) is 4.55 Å². The molecule has 21 heavy (non-hydrogen) atoms. The minimum Gasteiger partial charge on any atom is -0.494 e. The van der Waals surface area contributed by atoms with Gasteiger partial charge in [-0.05, 0) is 37.1 Å². The van der Waals surface area contributed by atoms with Crippen LogP contribution in [0.1, 0.15) is 39.0 Å². The van der Waals surface area contributed by atoms with Gasteiger partial charge in [-0.15, -0.1) is 0 Å². The van der Waals surface area contributed by atoms with E-state index in [1.165, 1.54) is 19.3 Å². The average Bonchev–Trinajstić information content (AvgIpc) is 2.44.